The minimum atomic E-state index is -1.36. The maximum atomic E-state index is 11.8. The molecule has 5 nitrogen and oxygen atoms in total. The molecule has 5 heteroatoms. The first kappa shape index (κ1) is 13.7. The summed E-state index contributed by atoms with van der Waals surface area (Å²) in [5, 5.41) is 0. The average molecular weight is 242 g/mol. The molecule has 1 atom stereocenters. The summed E-state index contributed by atoms with van der Waals surface area (Å²) in [4.78, 5) is 34.3. The summed E-state index contributed by atoms with van der Waals surface area (Å²) in [6.45, 7) is 4.24. The number of hydrogen-bond acceptors (Lipinski definition) is 5. The van der Waals surface area contributed by atoms with Crippen LogP contribution in [0.15, 0.2) is 0 Å². The highest BCUT2D eigenvalue weighted by atomic mass is 16.6. The fourth-order valence-electron chi connectivity index (χ4n) is 1.65. The van der Waals surface area contributed by atoms with Crippen LogP contribution in [-0.2, 0) is 23.9 Å². The van der Waals surface area contributed by atoms with Crippen molar-refractivity contribution in [3.63, 3.8) is 0 Å². The van der Waals surface area contributed by atoms with Crippen molar-refractivity contribution in [2.75, 3.05) is 13.2 Å². The zero-order valence-electron chi connectivity index (χ0n) is 10.2. The van der Waals surface area contributed by atoms with Crippen molar-refractivity contribution in [1.82, 2.24) is 0 Å². The largest absolute Gasteiger partial charge is 0.465 e. The highest BCUT2D eigenvalue weighted by molar-refractivity contribution is 6.07. The number of carbonyl (C=O) groups is 3. The molecule has 0 aliphatic heterocycles. The first-order valence-electron chi connectivity index (χ1n) is 5.93. The van der Waals surface area contributed by atoms with E-state index in [2.05, 4.69) is 0 Å². The van der Waals surface area contributed by atoms with Gasteiger partial charge in [-0.1, -0.05) is 13.8 Å². The second-order valence-electron chi connectivity index (χ2n) is 4.19. The predicted molar refractivity (Wildman–Crippen MR) is 59.1 cm³/mol. The van der Waals surface area contributed by atoms with Crippen molar-refractivity contribution in [1.29, 1.82) is 0 Å². The van der Waals surface area contributed by atoms with E-state index in [1.165, 1.54) is 0 Å². The van der Waals surface area contributed by atoms with Gasteiger partial charge in [0.25, 0.3) is 0 Å². The first-order valence-corrected chi connectivity index (χ1v) is 5.93. The molecule has 1 aliphatic carbocycles. The van der Waals surface area contributed by atoms with Crippen LogP contribution >= 0.6 is 0 Å². The van der Waals surface area contributed by atoms with Gasteiger partial charge in [-0.25, -0.2) is 0 Å². The Hall–Kier alpha value is -1.39. The molecule has 1 aliphatic rings. The lowest BCUT2D eigenvalue weighted by atomic mass is 10.1. The summed E-state index contributed by atoms with van der Waals surface area (Å²) in [6, 6.07) is 0. The van der Waals surface area contributed by atoms with Gasteiger partial charge >= 0.3 is 11.9 Å². The lowest BCUT2D eigenvalue weighted by Gasteiger charge is -2.13. The third-order valence-corrected chi connectivity index (χ3v) is 2.78. The van der Waals surface area contributed by atoms with Crippen molar-refractivity contribution in [3.8, 4) is 0 Å². The lowest BCUT2D eigenvalue weighted by Crippen LogP contribution is -2.32. The molecule has 0 aromatic heterocycles. The average Bonchev–Trinajstić information content (AvgIpc) is 3.08. The number of ether oxygens (including phenoxy) is 2. The van der Waals surface area contributed by atoms with Crippen LogP contribution in [0.4, 0.5) is 0 Å². The van der Waals surface area contributed by atoms with Gasteiger partial charge in [-0.05, 0) is 19.3 Å². The molecule has 1 rings (SSSR count). The molecule has 1 fully saturated rings. The Bertz CT molecular complexity index is 290. The maximum Gasteiger partial charge on any atom is 0.324 e. The molecule has 0 radical (unpaired) electrons. The number of carbonyl (C=O) groups excluding carboxylic acids is 3. The Morgan fingerprint density at radius 1 is 1.18 bits per heavy atom. The standard InChI is InChI=1S/C12H18O5/c1-3-5-16-10(14)12(7-9(12)8-13)11(15)17-6-4-2/h8-9H,3-7H2,1-2H3. The summed E-state index contributed by atoms with van der Waals surface area (Å²) in [5.74, 6) is -1.84. The second-order valence-corrected chi connectivity index (χ2v) is 4.19. The Kier molecular flexibility index (Phi) is 4.66. The fraction of sp³-hybridized carbons (Fsp3) is 0.750. The van der Waals surface area contributed by atoms with Crippen LogP contribution in [0, 0.1) is 11.3 Å². The van der Waals surface area contributed by atoms with Crippen LogP contribution < -0.4 is 0 Å². The van der Waals surface area contributed by atoms with Gasteiger partial charge in [-0.15, -0.1) is 0 Å². The number of hydrogen-bond donors (Lipinski definition) is 0. The Morgan fingerprint density at radius 2 is 1.65 bits per heavy atom. The van der Waals surface area contributed by atoms with E-state index in [9.17, 15) is 14.4 Å². The van der Waals surface area contributed by atoms with E-state index in [0.29, 0.717) is 19.1 Å². The minimum Gasteiger partial charge on any atom is -0.465 e. The van der Waals surface area contributed by atoms with E-state index in [-0.39, 0.29) is 19.6 Å². The summed E-state index contributed by atoms with van der Waals surface area (Å²) < 4.78 is 9.91. The third kappa shape index (κ3) is 2.65. The Morgan fingerprint density at radius 3 is 1.94 bits per heavy atom. The van der Waals surface area contributed by atoms with E-state index in [4.69, 9.17) is 9.47 Å². The first-order chi connectivity index (χ1) is 8.13. The van der Waals surface area contributed by atoms with Crippen molar-refractivity contribution in [3.05, 3.63) is 0 Å². The van der Waals surface area contributed by atoms with Gasteiger partial charge < -0.3 is 14.3 Å². The number of aldehydes is 1. The molecule has 0 amide bonds. The normalized spacial score (nSPS) is 20.5. The van der Waals surface area contributed by atoms with E-state index in [0.717, 1.165) is 0 Å². The van der Waals surface area contributed by atoms with Crippen molar-refractivity contribution in [2.24, 2.45) is 11.3 Å². The zero-order chi connectivity index (χ0) is 12.9. The van der Waals surface area contributed by atoms with Crippen LogP contribution in [-0.4, -0.2) is 31.4 Å². The van der Waals surface area contributed by atoms with E-state index in [1.54, 1.807) is 0 Å². The van der Waals surface area contributed by atoms with Crippen LogP contribution in [0.5, 0.6) is 0 Å². The SMILES string of the molecule is CCCOC(=O)C1(C(=O)OCCC)CC1C=O. The molecule has 0 heterocycles. The summed E-state index contributed by atoms with van der Waals surface area (Å²) in [7, 11) is 0. The number of esters is 2. The molecule has 0 aromatic carbocycles. The molecule has 17 heavy (non-hydrogen) atoms. The quantitative estimate of drug-likeness (QED) is 0.380. The van der Waals surface area contributed by atoms with Gasteiger partial charge in [-0.2, -0.15) is 0 Å². The van der Waals surface area contributed by atoms with E-state index >= 15 is 0 Å². The lowest BCUT2D eigenvalue weighted by molar-refractivity contribution is -0.166. The maximum absolute atomic E-state index is 11.8. The third-order valence-electron chi connectivity index (χ3n) is 2.78. The molecule has 96 valence electrons. The highest BCUT2D eigenvalue weighted by Gasteiger charge is 2.68. The summed E-state index contributed by atoms with van der Waals surface area (Å²) in [5.41, 5.74) is -1.36. The van der Waals surface area contributed by atoms with Crippen molar-refractivity contribution in [2.45, 2.75) is 33.1 Å². The molecular weight excluding hydrogens is 224 g/mol. The van der Waals surface area contributed by atoms with Gasteiger partial charge in [0.05, 0.1) is 13.2 Å². The van der Waals surface area contributed by atoms with Gasteiger partial charge in [0, 0.05) is 5.92 Å². The monoisotopic (exact) mass is 242 g/mol. The Labute approximate surface area is 100 Å². The predicted octanol–water partition coefficient (Wildman–Crippen LogP) is 1.10. The van der Waals surface area contributed by atoms with Crippen LogP contribution in [0.25, 0.3) is 0 Å². The topological polar surface area (TPSA) is 69.7 Å². The van der Waals surface area contributed by atoms with Crippen molar-refractivity contribution >= 4 is 18.2 Å². The molecule has 0 bridgehead atoms. The van der Waals surface area contributed by atoms with Crippen LogP contribution in [0.1, 0.15) is 33.1 Å². The summed E-state index contributed by atoms with van der Waals surface area (Å²) >= 11 is 0. The molecule has 1 saturated carbocycles. The Balaban J connectivity index is 2.67. The van der Waals surface area contributed by atoms with Crippen molar-refractivity contribution < 1.29 is 23.9 Å². The summed E-state index contributed by atoms with van der Waals surface area (Å²) in [6.07, 6.45) is 2.19. The van der Waals surface area contributed by atoms with Crippen LogP contribution in [0.2, 0.25) is 0 Å². The highest BCUT2D eigenvalue weighted by Crippen LogP contribution is 2.53. The smallest absolute Gasteiger partial charge is 0.324 e. The minimum absolute atomic E-state index is 0.210. The van der Waals surface area contributed by atoms with Gasteiger partial charge in [0.15, 0.2) is 5.41 Å². The molecular formula is C12H18O5. The number of rotatable bonds is 7. The molecule has 0 N–H and O–H groups in total. The second kappa shape index (κ2) is 5.80. The van der Waals surface area contributed by atoms with Gasteiger partial charge in [0.2, 0.25) is 0 Å². The fourth-order valence-corrected chi connectivity index (χ4v) is 1.65. The molecule has 0 aromatic rings. The molecule has 0 spiro atoms. The zero-order valence-corrected chi connectivity index (χ0v) is 10.2. The van der Waals surface area contributed by atoms with Crippen LogP contribution in [0.3, 0.4) is 0 Å². The molecule has 1 unspecified atom stereocenters. The van der Waals surface area contributed by atoms with Gasteiger partial charge in [-0.3, -0.25) is 9.59 Å². The van der Waals surface area contributed by atoms with E-state index in [1.807, 2.05) is 13.8 Å². The molecule has 0 saturated heterocycles. The van der Waals surface area contributed by atoms with Gasteiger partial charge in [0.1, 0.15) is 6.29 Å². The van der Waals surface area contributed by atoms with E-state index < -0.39 is 23.3 Å².